The number of pyridine rings is 1. The molecule has 27 heavy (non-hydrogen) atoms. The van der Waals surface area contributed by atoms with Gasteiger partial charge in [-0.1, -0.05) is 12.8 Å². The van der Waals surface area contributed by atoms with Crippen LogP contribution in [0.1, 0.15) is 69.8 Å². The van der Waals surface area contributed by atoms with Crippen molar-refractivity contribution in [1.82, 2.24) is 10.3 Å². The number of carbonyl (C=O) groups is 1. The number of nitrogens with one attached hydrogen (secondary N) is 1. The predicted octanol–water partition coefficient (Wildman–Crippen LogP) is 4.29. The SMILES string of the molecule is O=C(NCc1ccnc(N2CCCCCC2)c1)C12CC3CC(CC(C3)C1)C2. The maximum atomic E-state index is 13.2. The monoisotopic (exact) mass is 367 g/mol. The van der Waals surface area contributed by atoms with Crippen LogP contribution in [0.3, 0.4) is 0 Å². The van der Waals surface area contributed by atoms with Crippen molar-refractivity contribution in [2.24, 2.45) is 23.2 Å². The van der Waals surface area contributed by atoms with Gasteiger partial charge in [0.2, 0.25) is 5.91 Å². The van der Waals surface area contributed by atoms with Crippen LogP contribution in [0.5, 0.6) is 0 Å². The molecule has 2 heterocycles. The van der Waals surface area contributed by atoms with E-state index < -0.39 is 0 Å². The van der Waals surface area contributed by atoms with Crippen LogP contribution in [0.25, 0.3) is 0 Å². The summed E-state index contributed by atoms with van der Waals surface area (Å²) in [6, 6.07) is 4.24. The smallest absolute Gasteiger partial charge is 0.226 e. The number of hydrogen-bond donors (Lipinski definition) is 1. The van der Waals surface area contributed by atoms with Gasteiger partial charge >= 0.3 is 0 Å². The van der Waals surface area contributed by atoms with Crippen molar-refractivity contribution in [2.45, 2.75) is 70.8 Å². The first-order valence-corrected chi connectivity index (χ1v) is 11.2. The second kappa shape index (κ2) is 7.10. The Labute approximate surface area is 163 Å². The highest BCUT2D eigenvalue weighted by molar-refractivity contribution is 5.83. The molecule has 4 nitrogen and oxygen atoms in total. The molecule has 1 aromatic heterocycles. The third kappa shape index (κ3) is 3.48. The summed E-state index contributed by atoms with van der Waals surface area (Å²) in [5, 5.41) is 3.31. The van der Waals surface area contributed by atoms with E-state index in [4.69, 9.17) is 0 Å². The molecule has 4 heteroatoms. The van der Waals surface area contributed by atoms with Crippen LogP contribution in [-0.2, 0) is 11.3 Å². The van der Waals surface area contributed by atoms with Crippen molar-refractivity contribution in [1.29, 1.82) is 0 Å². The quantitative estimate of drug-likeness (QED) is 0.863. The average molecular weight is 368 g/mol. The number of anilines is 1. The number of amides is 1. The fraction of sp³-hybridized carbons (Fsp3) is 0.739. The lowest BCUT2D eigenvalue weighted by atomic mass is 9.49. The number of rotatable bonds is 4. The molecule has 0 atom stereocenters. The minimum Gasteiger partial charge on any atom is -0.357 e. The normalized spacial score (nSPS) is 35.1. The zero-order valence-electron chi connectivity index (χ0n) is 16.5. The Morgan fingerprint density at radius 3 is 2.30 bits per heavy atom. The summed E-state index contributed by atoms with van der Waals surface area (Å²) in [6.45, 7) is 2.86. The molecule has 1 aromatic rings. The van der Waals surface area contributed by atoms with E-state index in [0.29, 0.717) is 12.5 Å². The van der Waals surface area contributed by atoms with Crippen LogP contribution in [0.15, 0.2) is 18.3 Å². The lowest BCUT2D eigenvalue weighted by molar-refractivity contribution is -0.146. The van der Waals surface area contributed by atoms with Gasteiger partial charge in [0.15, 0.2) is 0 Å². The molecule has 4 bridgehead atoms. The highest BCUT2D eigenvalue weighted by Gasteiger charge is 2.54. The van der Waals surface area contributed by atoms with E-state index in [1.54, 1.807) is 0 Å². The maximum absolute atomic E-state index is 13.2. The molecule has 6 rings (SSSR count). The molecule has 0 radical (unpaired) electrons. The van der Waals surface area contributed by atoms with Crippen molar-refractivity contribution in [3.63, 3.8) is 0 Å². The van der Waals surface area contributed by atoms with Gasteiger partial charge in [-0.3, -0.25) is 4.79 Å². The first kappa shape index (κ1) is 17.5. The first-order valence-electron chi connectivity index (χ1n) is 11.2. The van der Waals surface area contributed by atoms with Crippen LogP contribution < -0.4 is 10.2 Å². The summed E-state index contributed by atoms with van der Waals surface area (Å²) in [5.74, 6) is 3.86. The Balaban J connectivity index is 1.24. The molecule has 0 aromatic carbocycles. The van der Waals surface area contributed by atoms with Gasteiger partial charge in [-0.25, -0.2) is 4.98 Å². The topological polar surface area (TPSA) is 45.2 Å². The van der Waals surface area contributed by atoms with Crippen molar-refractivity contribution < 1.29 is 4.79 Å². The first-order chi connectivity index (χ1) is 13.2. The third-order valence-electron chi connectivity index (χ3n) is 7.71. The van der Waals surface area contributed by atoms with Crippen LogP contribution in [0, 0.1) is 23.2 Å². The minimum absolute atomic E-state index is 0.0462. The molecule has 5 aliphatic rings. The third-order valence-corrected chi connectivity index (χ3v) is 7.71. The van der Waals surface area contributed by atoms with Gasteiger partial charge in [-0.15, -0.1) is 0 Å². The number of carbonyl (C=O) groups excluding carboxylic acids is 1. The van der Waals surface area contributed by atoms with Crippen LogP contribution in [-0.4, -0.2) is 24.0 Å². The summed E-state index contributed by atoms with van der Waals surface area (Å²) < 4.78 is 0. The molecule has 1 saturated heterocycles. The molecule has 0 spiro atoms. The van der Waals surface area contributed by atoms with Gasteiger partial charge in [0.05, 0.1) is 0 Å². The van der Waals surface area contributed by atoms with Crippen molar-refractivity contribution >= 4 is 11.7 Å². The molecule has 1 amide bonds. The van der Waals surface area contributed by atoms with Gasteiger partial charge in [-0.2, -0.15) is 0 Å². The predicted molar refractivity (Wildman–Crippen MR) is 107 cm³/mol. The fourth-order valence-electron chi connectivity index (χ4n) is 6.80. The van der Waals surface area contributed by atoms with Gasteiger partial charge < -0.3 is 10.2 Å². The van der Waals surface area contributed by atoms with E-state index in [-0.39, 0.29) is 5.41 Å². The second-order valence-electron chi connectivity index (χ2n) is 9.80. The standard InChI is InChI=1S/C23H33N3O/c27-22(23-13-18-9-19(14-23)11-20(10-18)15-23)25-16-17-5-6-24-21(12-17)26-7-3-1-2-4-8-26/h5-6,12,18-20H,1-4,7-11,13-16H2,(H,25,27). The summed E-state index contributed by atoms with van der Waals surface area (Å²) in [5.41, 5.74) is 1.14. The Morgan fingerprint density at radius 2 is 1.67 bits per heavy atom. The van der Waals surface area contributed by atoms with E-state index in [2.05, 4.69) is 27.3 Å². The lowest BCUT2D eigenvalue weighted by Crippen LogP contribution is -2.53. The van der Waals surface area contributed by atoms with Gasteiger partial charge in [0.1, 0.15) is 5.82 Å². The molecule has 5 fully saturated rings. The molecule has 4 saturated carbocycles. The molecular formula is C23H33N3O. The largest absolute Gasteiger partial charge is 0.357 e. The molecule has 0 unspecified atom stereocenters. The Hall–Kier alpha value is -1.58. The molecular weight excluding hydrogens is 334 g/mol. The van der Waals surface area contributed by atoms with E-state index in [0.717, 1.165) is 55.9 Å². The van der Waals surface area contributed by atoms with E-state index in [1.165, 1.54) is 50.5 Å². The average Bonchev–Trinajstić information content (AvgIpc) is 2.95. The summed E-state index contributed by atoms with van der Waals surface area (Å²) in [7, 11) is 0. The van der Waals surface area contributed by atoms with E-state index in [9.17, 15) is 4.79 Å². The Kier molecular flexibility index (Phi) is 4.61. The van der Waals surface area contributed by atoms with Crippen LogP contribution >= 0.6 is 0 Å². The van der Waals surface area contributed by atoms with Gasteiger partial charge in [0.25, 0.3) is 0 Å². The maximum Gasteiger partial charge on any atom is 0.226 e. The molecule has 146 valence electrons. The highest BCUT2D eigenvalue weighted by Crippen LogP contribution is 2.60. The second-order valence-corrected chi connectivity index (χ2v) is 9.80. The number of hydrogen-bond acceptors (Lipinski definition) is 3. The Bertz CT molecular complexity index is 657. The van der Waals surface area contributed by atoms with Gasteiger partial charge in [0, 0.05) is 31.2 Å². The van der Waals surface area contributed by atoms with Gasteiger partial charge in [-0.05, 0) is 86.8 Å². The molecule has 1 N–H and O–H groups in total. The van der Waals surface area contributed by atoms with Crippen molar-refractivity contribution in [3.05, 3.63) is 23.9 Å². The zero-order chi connectivity index (χ0) is 18.3. The van der Waals surface area contributed by atoms with E-state index in [1.807, 2.05) is 6.20 Å². The Morgan fingerprint density at radius 1 is 1.04 bits per heavy atom. The summed E-state index contributed by atoms with van der Waals surface area (Å²) in [6.07, 6.45) is 14.7. The van der Waals surface area contributed by atoms with Crippen molar-refractivity contribution in [3.8, 4) is 0 Å². The lowest BCUT2D eigenvalue weighted by Gasteiger charge is -2.55. The molecule has 4 aliphatic carbocycles. The highest BCUT2D eigenvalue weighted by atomic mass is 16.2. The number of nitrogens with zero attached hydrogens (tertiary/aromatic N) is 2. The zero-order valence-corrected chi connectivity index (χ0v) is 16.5. The van der Waals surface area contributed by atoms with Crippen LogP contribution in [0.2, 0.25) is 0 Å². The van der Waals surface area contributed by atoms with Crippen LogP contribution in [0.4, 0.5) is 5.82 Å². The fourth-order valence-corrected chi connectivity index (χ4v) is 6.80. The summed E-state index contributed by atoms with van der Waals surface area (Å²) >= 11 is 0. The van der Waals surface area contributed by atoms with Crippen molar-refractivity contribution in [2.75, 3.05) is 18.0 Å². The molecule has 1 aliphatic heterocycles. The summed E-state index contributed by atoms with van der Waals surface area (Å²) in [4.78, 5) is 20.2. The number of aromatic nitrogens is 1. The minimum atomic E-state index is -0.0462. The van der Waals surface area contributed by atoms with E-state index >= 15 is 0 Å².